The van der Waals surface area contributed by atoms with E-state index in [1.54, 1.807) is 0 Å². The van der Waals surface area contributed by atoms with Crippen LogP contribution >= 0.6 is 0 Å². The molecule has 0 heterocycles. The van der Waals surface area contributed by atoms with Crippen LogP contribution in [0, 0.1) is 45.8 Å². The van der Waals surface area contributed by atoms with Crippen LogP contribution in [-0.2, 0) is 9.59 Å². The quantitative estimate of drug-likeness (QED) is 0.469. The molecule has 4 saturated carbocycles. The third-order valence-corrected chi connectivity index (χ3v) is 10.9. The molecule has 0 aliphatic heterocycles. The minimum absolute atomic E-state index is 0.162. The number of nitrogens with zero attached hydrogens (tertiary/aromatic N) is 1. The summed E-state index contributed by atoms with van der Waals surface area (Å²) in [7, 11) is 2.24. The maximum absolute atomic E-state index is 13.5. The molecule has 5 rings (SSSR count). The second-order valence-electron chi connectivity index (χ2n) is 12.2. The van der Waals surface area contributed by atoms with Gasteiger partial charge in [0, 0.05) is 18.0 Å². The fourth-order valence-electron chi connectivity index (χ4n) is 9.76. The molecule has 5 aliphatic carbocycles. The number of hydrogen-bond acceptors (Lipinski definition) is 3. The fraction of sp³-hybridized carbons (Fsp3) is 0.852. The maximum atomic E-state index is 13.5. The van der Waals surface area contributed by atoms with Crippen molar-refractivity contribution in [3.05, 3.63) is 11.6 Å². The van der Waals surface area contributed by atoms with Crippen molar-refractivity contribution in [1.82, 2.24) is 4.90 Å². The third-order valence-electron chi connectivity index (χ3n) is 10.9. The number of carbonyl (C=O) groups is 2. The van der Waals surface area contributed by atoms with Crippen molar-refractivity contribution in [1.29, 1.82) is 0 Å². The number of fused-ring (bicyclic) bond motifs is 2. The van der Waals surface area contributed by atoms with E-state index in [-0.39, 0.29) is 23.2 Å². The first-order valence-electron chi connectivity index (χ1n) is 12.9. The largest absolute Gasteiger partial charge is 0.481 e. The summed E-state index contributed by atoms with van der Waals surface area (Å²) >= 11 is 0. The Bertz CT molecular complexity index is 798. The molecular formula is C27H41NO3. The first kappa shape index (κ1) is 21.7. The predicted octanol–water partition coefficient (Wildman–Crippen LogP) is 5.18. The minimum Gasteiger partial charge on any atom is -0.481 e. The summed E-state index contributed by atoms with van der Waals surface area (Å²) in [6, 6.07) is 0.556. The highest BCUT2D eigenvalue weighted by Crippen LogP contribution is 2.82. The summed E-state index contributed by atoms with van der Waals surface area (Å²) < 4.78 is 0. The molecule has 31 heavy (non-hydrogen) atoms. The molecule has 0 aromatic heterocycles. The minimum atomic E-state index is -1.02. The zero-order chi connectivity index (χ0) is 22.2. The van der Waals surface area contributed by atoms with Gasteiger partial charge in [-0.1, -0.05) is 58.1 Å². The lowest BCUT2D eigenvalue weighted by Crippen LogP contribution is -2.65. The van der Waals surface area contributed by atoms with E-state index in [2.05, 4.69) is 38.8 Å². The normalized spacial score (nSPS) is 46.5. The number of rotatable bonds is 6. The van der Waals surface area contributed by atoms with E-state index in [0.717, 1.165) is 44.1 Å². The molecule has 1 unspecified atom stereocenters. The average molecular weight is 428 g/mol. The van der Waals surface area contributed by atoms with Crippen LogP contribution < -0.4 is 0 Å². The van der Waals surface area contributed by atoms with Gasteiger partial charge in [0.1, 0.15) is 11.7 Å². The Labute approximate surface area is 187 Å². The fourth-order valence-corrected chi connectivity index (χ4v) is 9.76. The lowest BCUT2D eigenvalue weighted by Gasteiger charge is -2.59. The van der Waals surface area contributed by atoms with Gasteiger partial charge in [-0.05, 0) is 68.7 Å². The molecule has 0 radical (unpaired) electrons. The van der Waals surface area contributed by atoms with Gasteiger partial charge < -0.3 is 14.8 Å². The molecule has 0 amide bonds. The van der Waals surface area contributed by atoms with Crippen LogP contribution in [0.1, 0.15) is 78.6 Å². The second kappa shape index (κ2) is 7.17. The number of allylic oxidation sites excluding steroid dienone is 1. The Balaban J connectivity index is 1.66. The van der Waals surface area contributed by atoms with E-state index < -0.39 is 16.8 Å². The zero-order valence-electron chi connectivity index (χ0n) is 19.9. The monoisotopic (exact) mass is 427 g/mol. The summed E-state index contributed by atoms with van der Waals surface area (Å²) in [4.78, 5) is 29.1. The average Bonchev–Trinajstić information content (AvgIpc) is 3.31. The van der Waals surface area contributed by atoms with Gasteiger partial charge in [0.2, 0.25) is 0 Å². The maximum Gasteiger partial charge on any atom is 0.315 e. The van der Waals surface area contributed by atoms with E-state index in [1.165, 1.54) is 32.1 Å². The molecule has 0 aromatic rings. The molecule has 0 spiro atoms. The van der Waals surface area contributed by atoms with Gasteiger partial charge in [-0.25, -0.2) is 0 Å². The Morgan fingerprint density at radius 2 is 1.90 bits per heavy atom. The number of carboxylic acids is 1. The van der Waals surface area contributed by atoms with Crippen molar-refractivity contribution >= 4 is 12.3 Å². The van der Waals surface area contributed by atoms with Gasteiger partial charge in [0.25, 0.3) is 0 Å². The van der Waals surface area contributed by atoms with Gasteiger partial charge in [-0.2, -0.15) is 0 Å². The van der Waals surface area contributed by atoms with Gasteiger partial charge in [-0.3, -0.25) is 4.79 Å². The van der Waals surface area contributed by atoms with Crippen LogP contribution in [0.25, 0.3) is 0 Å². The lowest BCUT2D eigenvalue weighted by atomic mass is 9.42. The Kier molecular flexibility index (Phi) is 5.01. The highest BCUT2D eigenvalue weighted by molar-refractivity contribution is 5.90. The number of aliphatic carboxylic acids is 1. The van der Waals surface area contributed by atoms with Crippen molar-refractivity contribution < 1.29 is 14.7 Å². The number of carbonyl (C=O) groups excluding carboxylic acids is 1. The Morgan fingerprint density at radius 1 is 1.19 bits per heavy atom. The molecule has 0 aromatic carbocycles. The molecule has 1 N–H and O–H groups in total. The van der Waals surface area contributed by atoms with Crippen LogP contribution in [0.3, 0.4) is 0 Å². The highest BCUT2D eigenvalue weighted by atomic mass is 16.4. The van der Waals surface area contributed by atoms with Crippen molar-refractivity contribution in [2.45, 2.75) is 84.6 Å². The summed E-state index contributed by atoms with van der Waals surface area (Å²) in [6.45, 7) is 7.45. The van der Waals surface area contributed by atoms with E-state index >= 15 is 0 Å². The van der Waals surface area contributed by atoms with Crippen LogP contribution in [0.4, 0.5) is 0 Å². The lowest BCUT2D eigenvalue weighted by molar-refractivity contribution is -0.182. The van der Waals surface area contributed by atoms with E-state index in [0.29, 0.717) is 17.9 Å². The van der Waals surface area contributed by atoms with Gasteiger partial charge in [-0.15, -0.1) is 0 Å². The molecule has 4 fully saturated rings. The third kappa shape index (κ3) is 2.46. The van der Waals surface area contributed by atoms with Crippen LogP contribution in [0.2, 0.25) is 0 Å². The van der Waals surface area contributed by atoms with Gasteiger partial charge >= 0.3 is 5.97 Å². The molecular weight excluding hydrogens is 386 g/mol. The Morgan fingerprint density at radius 3 is 2.52 bits per heavy atom. The van der Waals surface area contributed by atoms with E-state index in [9.17, 15) is 14.7 Å². The van der Waals surface area contributed by atoms with Crippen molar-refractivity contribution in [2.75, 3.05) is 13.6 Å². The molecule has 172 valence electrons. The first-order valence-corrected chi connectivity index (χ1v) is 12.9. The van der Waals surface area contributed by atoms with Crippen molar-refractivity contribution in [2.24, 2.45) is 45.8 Å². The summed E-state index contributed by atoms with van der Waals surface area (Å²) in [5, 5.41) is 11.1. The molecule has 4 heteroatoms. The first-order chi connectivity index (χ1) is 14.7. The van der Waals surface area contributed by atoms with Crippen molar-refractivity contribution in [3.63, 3.8) is 0 Å². The molecule has 5 aliphatic rings. The summed E-state index contributed by atoms with van der Waals surface area (Å²) in [5.74, 6) is 0.980. The summed E-state index contributed by atoms with van der Waals surface area (Å²) in [6.07, 6.45) is 13.7. The van der Waals surface area contributed by atoms with E-state index in [4.69, 9.17) is 0 Å². The smallest absolute Gasteiger partial charge is 0.315 e. The molecule has 4 nitrogen and oxygen atoms in total. The topological polar surface area (TPSA) is 57.6 Å². The number of hydrogen-bond donors (Lipinski definition) is 1. The van der Waals surface area contributed by atoms with Crippen LogP contribution in [0.5, 0.6) is 0 Å². The standard InChI is InChI=1S/C27H41NO3/c1-17(2)23-12-19-13-26(16-29)22-11-10-18(3)21(22)14-25(19,27(23,26)24(30)31)15-28(4)20-8-6-5-7-9-20/h12,16-22H,5-11,13-15H2,1-4H3,(H,30,31)/t18-,19-,21-,22-,25?,26+,27-/m1/s1. The zero-order valence-corrected chi connectivity index (χ0v) is 19.9. The number of carboxylic acid groups (broad SMARTS) is 1. The summed E-state index contributed by atoms with van der Waals surface area (Å²) in [5.41, 5.74) is -1.02. The van der Waals surface area contributed by atoms with Crippen molar-refractivity contribution in [3.8, 4) is 0 Å². The molecule has 4 bridgehead atoms. The van der Waals surface area contributed by atoms with Gasteiger partial charge in [0.05, 0.1) is 5.41 Å². The highest BCUT2D eigenvalue weighted by Gasteiger charge is 2.84. The van der Waals surface area contributed by atoms with Gasteiger partial charge in [0.15, 0.2) is 0 Å². The Hall–Kier alpha value is -1.16. The van der Waals surface area contributed by atoms with E-state index in [1.807, 2.05) is 0 Å². The molecule has 0 saturated heterocycles. The molecule has 7 atom stereocenters. The SMILES string of the molecule is CC(C)C1=C[C@@H]2C[C@]3(C=O)[C@@H]4CC[C@@H](C)[C@H]4CC2(CN(C)C2CCCCC2)[C@]13C(=O)O. The van der Waals surface area contributed by atoms with Crippen LogP contribution in [0.15, 0.2) is 11.6 Å². The second-order valence-corrected chi connectivity index (χ2v) is 12.2. The predicted molar refractivity (Wildman–Crippen MR) is 122 cm³/mol. The van der Waals surface area contributed by atoms with Crippen LogP contribution in [-0.4, -0.2) is 41.9 Å². The number of aldehydes is 1.